The molecular formula is C22H25NO2. The summed E-state index contributed by atoms with van der Waals surface area (Å²) in [5.74, 6) is 5.39. The third kappa shape index (κ3) is 5.77. The molecule has 1 atom stereocenters. The van der Waals surface area contributed by atoms with Crippen molar-refractivity contribution in [1.29, 1.82) is 0 Å². The van der Waals surface area contributed by atoms with Crippen molar-refractivity contribution in [3.05, 3.63) is 71.3 Å². The number of hydrogen-bond acceptors (Lipinski definition) is 2. The molecule has 1 unspecified atom stereocenters. The molecule has 3 heteroatoms. The van der Waals surface area contributed by atoms with E-state index in [1.165, 1.54) is 19.3 Å². The molecule has 0 bridgehead atoms. The minimum atomic E-state index is -0.540. The summed E-state index contributed by atoms with van der Waals surface area (Å²) in [5, 5.41) is 9.07. The summed E-state index contributed by atoms with van der Waals surface area (Å²) in [7, 11) is 0. The zero-order valence-corrected chi connectivity index (χ0v) is 14.7. The second-order valence-electron chi connectivity index (χ2n) is 6.05. The van der Waals surface area contributed by atoms with Gasteiger partial charge in [-0.2, -0.15) is 0 Å². The molecular weight excluding hydrogens is 310 g/mol. The predicted octanol–water partition coefficient (Wildman–Crippen LogP) is 4.65. The Morgan fingerprint density at radius 1 is 1.00 bits per heavy atom. The van der Waals surface area contributed by atoms with Crippen molar-refractivity contribution >= 4 is 5.91 Å². The Bertz CT molecular complexity index is 711. The summed E-state index contributed by atoms with van der Waals surface area (Å²) >= 11 is 0. The average molecular weight is 335 g/mol. The summed E-state index contributed by atoms with van der Waals surface area (Å²) in [6, 6.07) is 17.1. The molecule has 25 heavy (non-hydrogen) atoms. The highest BCUT2D eigenvalue weighted by Gasteiger charge is 2.21. The number of amides is 1. The standard InChI is InChI=1S/C22H25NO2/c1-2-3-4-5-6-8-11-18-14-16-20(17-15-18)21(22(24)23-25)19-12-9-7-10-13-19/h7,9-10,12-17,21,25H,2-6H2,1H3,(H,23,24). The average Bonchev–Trinajstić information content (AvgIpc) is 2.66. The van der Waals surface area contributed by atoms with E-state index in [1.54, 1.807) is 5.48 Å². The van der Waals surface area contributed by atoms with Crippen LogP contribution in [-0.4, -0.2) is 11.1 Å². The van der Waals surface area contributed by atoms with E-state index in [9.17, 15) is 4.79 Å². The highest BCUT2D eigenvalue weighted by atomic mass is 16.5. The van der Waals surface area contributed by atoms with Gasteiger partial charge in [0.05, 0.1) is 5.92 Å². The van der Waals surface area contributed by atoms with Gasteiger partial charge in [-0.25, -0.2) is 5.48 Å². The van der Waals surface area contributed by atoms with Crippen LogP contribution in [0.5, 0.6) is 0 Å². The SMILES string of the molecule is CCCCCCC#Cc1ccc(C(C(=O)NO)c2ccccc2)cc1. The molecule has 0 aromatic heterocycles. The number of nitrogens with one attached hydrogen (secondary N) is 1. The number of carbonyl (C=O) groups excluding carboxylic acids is 1. The van der Waals surface area contributed by atoms with Crippen LogP contribution in [0.15, 0.2) is 54.6 Å². The third-order valence-electron chi connectivity index (χ3n) is 4.14. The molecule has 2 aromatic rings. The molecule has 2 rings (SSSR count). The van der Waals surface area contributed by atoms with Crippen molar-refractivity contribution in [3.8, 4) is 11.8 Å². The van der Waals surface area contributed by atoms with Gasteiger partial charge in [0.15, 0.2) is 0 Å². The molecule has 0 heterocycles. The molecule has 130 valence electrons. The maximum Gasteiger partial charge on any atom is 0.255 e. The first-order valence-electron chi connectivity index (χ1n) is 8.84. The number of unbranched alkanes of at least 4 members (excludes halogenated alkanes) is 4. The minimum absolute atomic E-state index is 0.444. The van der Waals surface area contributed by atoms with Crippen LogP contribution in [-0.2, 0) is 4.79 Å². The third-order valence-corrected chi connectivity index (χ3v) is 4.14. The summed E-state index contributed by atoms with van der Waals surface area (Å²) in [6.07, 6.45) is 5.80. The van der Waals surface area contributed by atoms with E-state index in [0.717, 1.165) is 29.5 Å². The van der Waals surface area contributed by atoms with Gasteiger partial charge in [0.2, 0.25) is 0 Å². The van der Waals surface area contributed by atoms with Crippen molar-refractivity contribution in [3.63, 3.8) is 0 Å². The Kier molecular flexibility index (Phi) is 7.75. The molecule has 3 nitrogen and oxygen atoms in total. The molecule has 0 fully saturated rings. The highest BCUT2D eigenvalue weighted by Crippen LogP contribution is 2.25. The maximum absolute atomic E-state index is 12.1. The van der Waals surface area contributed by atoms with Crippen molar-refractivity contribution in [2.45, 2.75) is 44.9 Å². The summed E-state index contributed by atoms with van der Waals surface area (Å²) < 4.78 is 0. The second-order valence-corrected chi connectivity index (χ2v) is 6.05. The zero-order chi connectivity index (χ0) is 17.9. The molecule has 0 aliphatic heterocycles. The van der Waals surface area contributed by atoms with Gasteiger partial charge in [0, 0.05) is 12.0 Å². The predicted molar refractivity (Wildman–Crippen MR) is 100 cm³/mol. The van der Waals surface area contributed by atoms with Crippen LogP contribution in [0.25, 0.3) is 0 Å². The zero-order valence-electron chi connectivity index (χ0n) is 14.7. The molecule has 1 amide bonds. The van der Waals surface area contributed by atoms with E-state index in [2.05, 4.69) is 18.8 Å². The first kappa shape index (κ1) is 18.8. The van der Waals surface area contributed by atoms with Crippen molar-refractivity contribution in [1.82, 2.24) is 5.48 Å². The van der Waals surface area contributed by atoms with E-state index in [4.69, 9.17) is 5.21 Å². The highest BCUT2D eigenvalue weighted by molar-refractivity contribution is 5.86. The van der Waals surface area contributed by atoms with Gasteiger partial charge in [-0.15, -0.1) is 0 Å². The smallest absolute Gasteiger partial charge is 0.255 e. The van der Waals surface area contributed by atoms with E-state index < -0.39 is 11.8 Å². The van der Waals surface area contributed by atoms with Crippen molar-refractivity contribution < 1.29 is 10.0 Å². The lowest BCUT2D eigenvalue weighted by atomic mass is 9.90. The lowest BCUT2D eigenvalue weighted by Gasteiger charge is -2.15. The van der Waals surface area contributed by atoms with Gasteiger partial charge in [-0.3, -0.25) is 10.0 Å². The van der Waals surface area contributed by atoms with Crippen LogP contribution in [0.2, 0.25) is 0 Å². The molecule has 2 N–H and O–H groups in total. The normalized spacial score (nSPS) is 11.3. The van der Waals surface area contributed by atoms with Crippen molar-refractivity contribution in [2.75, 3.05) is 0 Å². The lowest BCUT2D eigenvalue weighted by Crippen LogP contribution is -2.27. The quantitative estimate of drug-likeness (QED) is 0.335. The lowest BCUT2D eigenvalue weighted by molar-refractivity contribution is -0.129. The fourth-order valence-corrected chi connectivity index (χ4v) is 2.77. The van der Waals surface area contributed by atoms with Gasteiger partial charge in [-0.1, -0.05) is 80.5 Å². The van der Waals surface area contributed by atoms with Gasteiger partial charge < -0.3 is 0 Å². The first-order valence-corrected chi connectivity index (χ1v) is 8.84. The van der Waals surface area contributed by atoms with Crippen molar-refractivity contribution in [2.24, 2.45) is 0 Å². The Morgan fingerprint density at radius 3 is 2.32 bits per heavy atom. The monoisotopic (exact) mass is 335 g/mol. The van der Waals surface area contributed by atoms with Gasteiger partial charge in [0.25, 0.3) is 5.91 Å². The Labute approximate surface area is 150 Å². The van der Waals surface area contributed by atoms with Crippen LogP contribution in [0.3, 0.4) is 0 Å². The Balaban J connectivity index is 2.08. The molecule has 0 saturated carbocycles. The number of carbonyl (C=O) groups is 1. The molecule has 0 aliphatic rings. The molecule has 0 saturated heterocycles. The van der Waals surface area contributed by atoms with E-state index >= 15 is 0 Å². The minimum Gasteiger partial charge on any atom is -0.289 e. The number of rotatable bonds is 7. The topological polar surface area (TPSA) is 49.3 Å². The Morgan fingerprint density at radius 2 is 1.68 bits per heavy atom. The molecule has 0 aliphatic carbocycles. The fourth-order valence-electron chi connectivity index (χ4n) is 2.77. The number of hydroxylamine groups is 1. The fraction of sp³-hybridized carbons (Fsp3) is 0.318. The summed E-state index contributed by atoms with van der Waals surface area (Å²) in [6.45, 7) is 2.20. The van der Waals surface area contributed by atoms with E-state index in [-0.39, 0.29) is 0 Å². The van der Waals surface area contributed by atoms with Gasteiger partial charge in [0.1, 0.15) is 0 Å². The number of hydrogen-bond donors (Lipinski definition) is 2. The Hall–Kier alpha value is -2.57. The maximum atomic E-state index is 12.1. The van der Waals surface area contributed by atoms with Crippen LogP contribution in [0.1, 0.15) is 61.6 Å². The van der Waals surface area contributed by atoms with Gasteiger partial charge in [-0.05, 0) is 29.7 Å². The summed E-state index contributed by atoms with van der Waals surface area (Å²) in [5.41, 5.74) is 4.37. The second kappa shape index (κ2) is 10.3. The largest absolute Gasteiger partial charge is 0.289 e. The molecule has 0 spiro atoms. The van der Waals surface area contributed by atoms with Crippen LogP contribution in [0.4, 0.5) is 0 Å². The number of benzene rings is 2. The van der Waals surface area contributed by atoms with Crippen LogP contribution >= 0.6 is 0 Å². The molecule has 2 aromatic carbocycles. The molecule has 0 radical (unpaired) electrons. The first-order chi connectivity index (χ1) is 12.3. The van der Waals surface area contributed by atoms with E-state index in [1.807, 2.05) is 54.6 Å². The van der Waals surface area contributed by atoms with Crippen LogP contribution in [0, 0.1) is 11.8 Å². The summed E-state index contributed by atoms with van der Waals surface area (Å²) in [4.78, 5) is 12.1. The van der Waals surface area contributed by atoms with Gasteiger partial charge >= 0.3 is 0 Å². The van der Waals surface area contributed by atoms with Crippen LogP contribution < -0.4 is 5.48 Å². The van der Waals surface area contributed by atoms with E-state index in [0.29, 0.717) is 0 Å².